The molecule has 1 aromatic rings. The number of aliphatic hydroxyl groups excluding tert-OH is 1. The third kappa shape index (κ3) is 3.32. The van der Waals surface area contributed by atoms with Gasteiger partial charge in [-0.05, 0) is 35.4 Å². The molecule has 1 heterocycles. The van der Waals surface area contributed by atoms with Gasteiger partial charge in [0.25, 0.3) is 0 Å². The van der Waals surface area contributed by atoms with Gasteiger partial charge in [0.2, 0.25) is 0 Å². The molecule has 2 unspecified atom stereocenters. The van der Waals surface area contributed by atoms with Crippen molar-refractivity contribution >= 4 is 11.5 Å². The van der Waals surface area contributed by atoms with Crippen LogP contribution < -0.4 is 4.74 Å². The molecule has 3 rings (SSSR count). The standard InChI is InChI=1S/C19H18O5/c1-3-18(20)23-15-9-6-13-10-16(19(21)24-17(13)11-15)12-4-7-14(22-2)8-5-12/h3-10,17,19,21H,1,11H2,2H3. The average molecular weight is 326 g/mol. The molecular formula is C19H18O5. The number of carbonyl (C=O) groups is 1. The van der Waals surface area contributed by atoms with Crippen LogP contribution in [-0.4, -0.2) is 30.6 Å². The van der Waals surface area contributed by atoms with E-state index in [0.717, 1.165) is 23.0 Å². The molecule has 124 valence electrons. The van der Waals surface area contributed by atoms with Gasteiger partial charge < -0.3 is 19.3 Å². The van der Waals surface area contributed by atoms with Crippen LogP contribution in [-0.2, 0) is 14.3 Å². The molecule has 0 aromatic heterocycles. The van der Waals surface area contributed by atoms with Crippen molar-refractivity contribution < 1.29 is 24.1 Å². The predicted molar refractivity (Wildman–Crippen MR) is 88.9 cm³/mol. The zero-order valence-electron chi connectivity index (χ0n) is 13.3. The lowest BCUT2D eigenvalue weighted by atomic mass is 9.92. The Morgan fingerprint density at radius 2 is 2.08 bits per heavy atom. The lowest BCUT2D eigenvalue weighted by molar-refractivity contribution is -0.135. The maximum absolute atomic E-state index is 11.3. The Bertz CT molecular complexity index is 740. The molecule has 0 spiro atoms. The lowest BCUT2D eigenvalue weighted by Crippen LogP contribution is -2.31. The molecule has 2 atom stereocenters. The molecular weight excluding hydrogens is 308 g/mol. The van der Waals surface area contributed by atoms with Crippen molar-refractivity contribution in [3.8, 4) is 5.75 Å². The quantitative estimate of drug-likeness (QED) is 0.681. The van der Waals surface area contributed by atoms with Gasteiger partial charge in [0, 0.05) is 18.1 Å². The summed E-state index contributed by atoms with van der Waals surface area (Å²) in [6.07, 6.45) is 5.57. The number of hydrogen-bond donors (Lipinski definition) is 1. The highest BCUT2D eigenvalue weighted by Gasteiger charge is 2.30. The summed E-state index contributed by atoms with van der Waals surface area (Å²) in [7, 11) is 1.60. The fraction of sp³-hybridized carbons (Fsp3) is 0.211. The van der Waals surface area contributed by atoms with Gasteiger partial charge in [-0.3, -0.25) is 0 Å². The van der Waals surface area contributed by atoms with Gasteiger partial charge in [-0.2, -0.15) is 0 Å². The largest absolute Gasteiger partial charge is 0.497 e. The van der Waals surface area contributed by atoms with Gasteiger partial charge in [0.05, 0.1) is 13.2 Å². The smallest absolute Gasteiger partial charge is 0.335 e. The highest BCUT2D eigenvalue weighted by atomic mass is 16.6. The molecule has 0 radical (unpaired) electrons. The van der Waals surface area contributed by atoms with E-state index in [-0.39, 0.29) is 6.10 Å². The van der Waals surface area contributed by atoms with E-state index in [1.165, 1.54) is 0 Å². The van der Waals surface area contributed by atoms with Crippen molar-refractivity contribution in [3.63, 3.8) is 0 Å². The maximum Gasteiger partial charge on any atom is 0.335 e. The van der Waals surface area contributed by atoms with Gasteiger partial charge in [-0.1, -0.05) is 24.8 Å². The zero-order chi connectivity index (χ0) is 17.1. The van der Waals surface area contributed by atoms with Crippen LogP contribution in [0.25, 0.3) is 5.57 Å². The second-order valence-corrected chi connectivity index (χ2v) is 5.43. The highest BCUT2D eigenvalue weighted by molar-refractivity contribution is 5.82. The molecule has 2 aliphatic rings. The molecule has 0 saturated heterocycles. The topological polar surface area (TPSA) is 65.0 Å². The average Bonchev–Trinajstić information content (AvgIpc) is 2.61. The van der Waals surface area contributed by atoms with Crippen LogP contribution in [0, 0.1) is 0 Å². The molecule has 0 saturated carbocycles. The van der Waals surface area contributed by atoms with Crippen molar-refractivity contribution in [2.75, 3.05) is 7.11 Å². The SMILES string of the molecule is C=CC(=O)OC1=CC=C2C=C(c3ccc(OC)cc3)C(O)OC2C1. The normalized spacial score (nSPS) is 22.5. The van der Waals surface area contributed by atoms with Gasteiger partial charge in [0.1, 0.15) is 11.5 Å². The van der Waals surface area contributed by atoms with Crippen LogP contribution in [0.15, 0.2) is 66.5 Å². The Morgan fingerprint density at radius 1 is 1.33 bits per heavy atom. The van der Waals surface area contributed by atoms with Crippen LogP contribution in [0.2, 0.25) is 0 Å². The first-order valence-electron chi connectivity index (χ1n) is 7.55. The summed E-state index contributed by atoms with van der Waals surface area (Å²) < 4.78 is 16.0. The van der Waals surface area contributed by atoms with Gasteiger partial charge in [0.15, 0.2) is 6.29 Å². The van der Waals surface area contributed by atoms with Crippen molar-refractivity contribution in [1.29, 1.82) is 0 Å². The Labute approximate surface area is 140 Å². The first-order valence-corrected chi connectivity index (χ1v) is 7.55. The number of methoxy groups -OCH3 is 1. The third-order valence-electron chi connectivity index (χ3n) is 3.92. The van der Waals surface area contributed by atoms with E-state index in [2.05, 4.69) is 6.58 Å². The number of hydrogen-bond acceptors (Lipinski definition) is 5. The number of benzene rings is 1. The first-order chi connectivity index (χ1) is 11.6. The zero-order valence-corrected chi connectivity index (χ0v) is 13.3. The number of rotatable bonds is 4. The predicted octanol–water partition coefficient (Wildman–Crippen LogP) is 2.74. The number of ether oxygens (including phenoxy) is 3. The summed E-state index contributed by atoms with van der Waals surface area (Å²) in [6, 6.07) is 7.40. The summed E-state index contributed by atoms with van der Waals surface area (Å²) in [5.41, 5.74) is 2.46. The monoisotopic (exact) mass is 326 g/mol. The Morgan fingerprint density at radius 3 is 2.75 bits per heavy atom. The molecule has 0 bridgehead atoms. The number of fused-ring (bicyclic) bond motifs is 1. The molecule has 0 fully saturated rings. The van der Waals surface area contributed by atoms with Gasteiger partial charge in [-0.25, -0.2) is 4.79 Å². The minimum Gasteiger partial charge on any atom is -0.497 e. The molecule has 1 aliphatic heterocycles. The second kappa shape index (κ2) is 6.86. The van der Waals surface area contributed by atoms with E-state index in [4.69, 9.17) is 14.2 Å². The minimum absolute atomic E-state index is 0.348. The summed E-state index contributed by atoms with van der Waals surface area (Å²) in [5.74, 6) is 0.725. The lowest BCUT2D eigenvalue weighted by Gasteiger charge is -2.31. The van der Waals surface area contributed by atoms with E-state index >= 15 is 0 Å². The molecule has 1 aromatic carbocycles. The second-order valence-electron chi connectivity index (χ2n) is 5.43. The number of allylic oxidation sites excluding steroid dienone is 2. The molecule has 1 N–H and O–H groups in total. The van der Waals surface area contributed by atoms with Crippen LogP contribution in [0.4, 0.5) is 0 Å². The summed E-state index contributed by atoms with van der Waals surface area (Å²) in [4.78, 5) is 11.3. The van der Waals surface area contributed by atoms with Crippen LogP contribution in [0.1, 0.15) is 12.0 Å². The van der Waals surface area contributed by atoms with Gasteiger partial charge in [-0.15, -0.1) is 0 Å². The number of esters is 1. The highest BCUT2D eigenvalue weighted by Crippen LogP contribution is 2.34. The minimum atomic E-state index is -1.05. The summed E-state index contributed by atoms with van der Waals surface area (Å²) >= 11 is 0. The van der Waals surface area contributed by atoms with Crippen molar-refractivity contribution in [3.05, 3.63) is 72.0 Å². The molecule has 24 heavy (non-hydrogen) atoms. The van der Waals surface area contributed by atoms with Crippen LogP contribution >= 0.6 is 0 Å². The molecule has 0 amide bonds. The van der Waals surface area contributed by atoms with Crippen LogP contribution in [0.3, 0.4) is 0 Å². The van der Waals surface area contributed by atoms with E-state index < -0.39 is 12.3 Å². The van der Waals surface area contributed by atoms with Gasteiger partial charge >= 0.3 is 5.97 Å². The maximum atomic E-state index is 11.3. The van der Waals surface area contributed by atoms with Crippen LogP contribution in [0.5, 0.6) is 5.75 Å². The number of aliphatic hydroxyl groups is 1. The van der Waals surface area contributed by atoms with E-state index in [1.807, 2.05) is 36.4 Å². The summed E-state index contributed by atoms with van der Waals surface area (Å²) in [6.45, 7) is 3.37. The van der Waals surface area contributed by atoms with E-state index in [9.17, 15) is 9.90 Å². The van der Waals surface area contributed by atoms with Crippen molar-refractivity contribution in [1.82, 2.24) is 0 Å². The fourth-order valence-corrected chi connectivity index (χ4v) is 2.67. The Kier molecular flexibility index (Phi) is 4.64. The van der Waals surface area contributed by atoms with E-state index in [1.54, 1.807) is 13.2 Å². The van der Waals surface area contributed by atoms with Crippen molar-refractivity contribution in [2.45, 2.75) is 18.8 Å². The van der Waals surface area contributed by atoms with E-state index in [0.29, 0.717) is 17.8 Å². The van der Waals surface area contributed by atoms with Crippen molar-refractivity contribution in [2.24, 2.45) is 0 Å². The molecule has 5 heteroatoms. The summed E-state index contributed by atoms with van der Waals surface area (Å²) in [5, 5.41) is 10.3. The molecule has 5 nitrogen and oxygen atoms in total. The Balaban J connectivity index is 1.85. The third-order valence-corrected chi connectivity index (χ3v) is 3.92. The number of carbonyl (C=O) groups excluding carboxylic acids is 1. The fourth-order valence-electron chi connectivity index (χ4n) is 2.67. The Hall–Kier alpha value is -2.63. The first kappa shape index (κ1) is 16.2. The molecule has 1 aliphatic carbocycles.